The average molecular weight is 208 g/mol. The summed E-state index contributed by atoms with van der Waals surface area (Å²) >= 11 is 1.16. The molecule has 0 radical (unpaired) electrons. The highest BCUT2D eigenvalue weighted by molar-refractivity contribution is 7.20. The molecule has 0 bridgehead atoms. The molecule has 2 aromatic rings. The highest BCUT2D eigenvalue weighted by Crippen LogP contribution is 2.23. The molecule has 0 spiro atoms. The Labute approximate surface area is 84.2 Å². The molecule has 0 aliphatic rings. The van der Waals surface area contributed by atoms with Crippen molar-refractivity contribution in [1.29, 1.82) is 0 Å². The van der Waals surface area contributed by atoms with Gasteiger partial charge in [0, 0.05) is 0 Å². The molecule has 72 valence electrons. The zero-order valence-electron chi connectivity index (χ0n) is 7.74. The van der Waals surface area contributed by atoms with Crippen LogP contribution >= 0.6 is 11.3 Å². The van der Waals surface area contributed by atoms with E-state index >= 15 is 0 Å². The van der Waals surface area contributed by atoms with Crippen LogP contribution in [0.15, 0.2) is 6.07 Å². The maximum Gasteiger partial charge on any atom is 0.346 e. The van der Waals surface area contributed by atoms with Gasteiger partial charge in [0.2, 0.25) is 0 Å². The second kappa shape index (κ2) is 3.02. The molecule has 14 heavy (non-hydrogen) atoms. The Hall–Kier alpha value is -1.49. The number of aryl methyl sites for hydroxylation is 2. The summed E-state index contributed by atoms with van der Waals surface area (Å²) in [5.41, 5.74) is 2.35. The van der Waals surface area contributed by atoms with Gasteiger partial charge in [-0.3, -0.25) is 0 Å². The third kappa shape index (κ3) is 1.35. The molecule has 2 aromatic heterocycles. The van der Waals surface area contributed by atoms with Crippen molar-refractivity contribution < 1.29 is 9.90 Å². The Bertz CT molecular complexity index is 480. The van der Waals surface area contributed by atoms with Gasteiger partial charge in [-0.2, -0.15) is 0 Å². The van der Waals surface area contributed by atoms with Gasteiger partial charge in [-0.05, 0) is 19.9 Å². The number of hydrogen-bond donors (Lipinski definition) is 1. The zero-order valence-corrected chi connectivity index (χ0v) is 8.55. The molecule has 4 nitrogen and oxygen atoms in total. The van der Waals surface area contributed by atoms with E-state index < -0.39 is 5.97 Å². The lowest BCUT2D eigenvalue weighted by atomic mass is 10.3. The Morgan fingerprint density at radius 1 is 1.36 bits per heavy atom. The van der Waals surface area contributed by atoms with Crippen molar-refractivity contribution in [3.05, 3.63) is 22.3 Å². The molecular formula is C9H8N2O2S. The third-order valence-electron chi connectivity index (χ3n) is 1.99. The number of aromatic carboxylic acids is 1. The van der Waals surface area contributed by atoms with Crippen LogP contribution in [0.5, 0.6) is 0 Å². The van der Waals surface area contributed by atoms with Gasteiger partial charge in [0.05, 0.1) is 11.4 Å². The van der Waals surface area contributed by atoms with Crippen LogP contribution in [0.2, 0.25) is 0 Å². The molecule has 1 N–H and O–H groups in total. The molecule has 2 rings (SSSR count). The third-order valence-corrected chi connectivity index (χ3v) is 2.99. The van der Waals surface area contributed by atoms with Crippen LogP contribution in [-0.2, 0) is 0 Å². The number of carboxylic acids is 1. The van der Waals surface area contributed by atoms with Gasteiger partial charge in [-0.15, -0.1) is 11.3 Å². The molecule has 0 unspecified atom stereocenters. The van der Waals surface area contributed by atoms with Gasteiger partial charge in [0.15, 0.2) is 0 Å². The fourth-order valence-electron chi connectivity index (χ4n) is 1.13. The van der Waals surface area contributed by atoms with Crippen molar-refractivity contribution in [3.8, 4) is 0 Å². The molecule has 0 fully saturated rings. The smallest absolute Gasteiger partial charge is 0.346 e. The second-order valence-electron chi connectivity index (χ2n) is 3.00. The number of hydrogen-bond acceptors (Lipinski definition) is 4. The molecule has 0 atom stereocenters. The molecular weight excluding hydrogens is 200 g/mol. The van der Waals surface area contributed by atoms with E-state index in [4.69, 9.17) is 5.11 Å². The highest BCUT2D eigenvalue weighted by Gasteiger charge is 2.11. The maximum atomic E-state index is 10.7. The summed E-state index contributed by atoms with van der Waals surface area (Å²) in [5, 5.41) is 8.78. The fraction of sp³-hybridized carbons (Fsp3) is 0.222. The summed E-state index contributed by atoms with van der Waals surface area (Å²) in [6.45, 7) is 3.72. The Balaban J connectivity index is 2.72. The normalized spacial score (nSPS) is 10.7. The fourth-order valence-corrected chi connectivity index (χ4v) is 1.99. The van der Waals surface area contributed by atoms with E-state index in [0.717, 1.165) is 22.7 Å². The number of carbonyl (C=O) groups is 1. The van der Waals surface area contributed by atoms with E-state index in [9.17, 15) is 4.79 Å². The van der Waals surface area contributed by atoms with Crippen LogP contribution in [0.3, 0.4) is 0 Å². The van der Waals surface area contributed by atoms with Gasteiger partial charge in [0.1, 0.15) is 15.2 Å². The first-order valence-electron chi connectivity index (χ1n) is 4.06. The number of fused-ring (bicyclic) bond motifs is 1. The van der Waals surface area contributed by atoms with Gasteiger partial charge < -0.3 is 5.11 Å². The second-order valence-corrected chi connectivity index (χ2v) is 4.03. The lowest BCUT2D eigenvalue weighted by molar-refractivity contribution is 0.0702. The van der Waals surface area contributed by atoms with Crippen molar-refractivity contribution >= 4 is 27.7 Å². The summed E-state index contributed by atoms with van der Waals surface area (Å²) in [5.74, 6) is -0.926. The summed E-state index contributed by atoms with van der Waals surface area (Å²) in [4.78, 5) is 20.2. The quantitative estimate of drug-likeness (QED) is 0.778. The van der Waals surface area contributed by atoms with Crippen molar-refractivity contribution in [2.24, 2.45) is 0 Å². The number of thiophene rings is 1. The van der Waals surface area contributed by atoms with E-state index in [-0.39, 0.29) is 4.88 Å². The molecule has 5 heteroatoms. The Morgan fingerprint density at radius 2 is 2.00 bits per heavy atom. The van der Waals surface area contributed by atoms with Gasteiger partial charge >= 0.3 is 5.97 Å². The lowest BCUT2D eigenvalue weighted by Crippen LogP contribution is -1.90. The van der Waals surface area contributed by atoms with E-state index in [2.05, 4.69) is 9.97 Å². The maximum absolute atomic E-state index is 10.7. The van der Waals surface area contributed by atoms with Gasteiger partial charge in [0.25, 0.3) is 0 Å². The van der Waals surface area contributed by atoms with Crippen LogP contribution in [-0.4, -0.2) is 21.0 Å². The molecule has 0 aromatic carbocycles. The van der Waals surface area contributed by atoms with Gasteiger partial charge in [-0.1, -0.05) is 0 Å². The summed E-state index contributed by atoms with van der Waals surface area (Å²) in [6.07, 6.45) is 0. The molecule has 2 heterocycles. The Morgan fingerprint density at radius 3 is 2.64 bits per heavy atom. The predicted molar refractivity (Wildman–Crippen MR) is 53.8 cm³/mol. The van der Waals surface area contributed by atoms with Crippen LogP contribution in [0.4, 0.5) is 0 Å². The summed E-state index contributed by atoms with van der Waals surface area (Å²) in [7, 11) is 0. The first-order chi connectivity index (χ1) is 6.58. The van der Waals surface area contributed by atoms with Crippen LogP contribution in [0.25, 0.3) is 10.3 Å². The highest BCUT2D eigenvalue weighted by atomic mass is 32.1. The average Bonchev–Trinajstić information content (AvgIpc) is 2.48. The molecule has 0 aliphatic carbocycles. The topological polar surface area (TPSA) is 63.1 Å². The predicted octanol–water partition coefficient (Wildman–Crippen LogP) is 2.01. The van der Waals surface area contributed by atoms with Crippen LogP contribution in [0.1, 0.15) is 21.1 Å². The minimum absolute atomic E-state index is 0.282. The first-order valence-corrected chi connectivity index (χ1v) is 4.87. The van der Waals surface area contributed by atoms with E-state index in [0.29, 0.717) is 10.3 Å². The first kappa shape index (κ1) is 9.08. The molecule has 0 amide bonds. The van der Waals surface area contributed by atoms with Crippen molar-refractivity contribution in [2.75, 3.05) is 0 Å². The summed E-state index contributed by atoms with van der Waals surface area (Å²) in [6, 6.07) is 1.56. The molecule has 0 aliphatic heterocycles. The zero-order chi connectivity index (χ0) is 10.3. The minimum Gasteiger partial charge on any atom is -0.477 e. The van der Waals surface area contributed by atoms with Gasteiger partial charge in [-0.25, -0.2) is 14.8 Å². The minimum atomic E-state index is -0.926. The number of nitrogens with zero attached hydrogens (tertiary/aromatic N) is 2. The lowest BCUT2D eigenvalue weighted by Gasteiger charge is -1.95. The van der Waals surface area contributed by atoms with Crippen LogP contribution < -0.4 is 0 Å². The number of rotatable bonds is 1. The standard InChI is InChI=1S/C9H8N2O2S/c1-4-5(2)11-8-6(10-4)3-7(14-8)9(12)13/h3H,1-2H3,(H,12,13). The van der Waals surface area contributed by atoms with Crippen molar-refractivity contribution in [1.82, 2.24) is 9.97 Å². The number of carboxylic acid groups (broad SMARTS) is 1. The molecule has 0 saturated carbocycles. The number of aromatic nitrogens is 2. The Kier molecular flexibility index (Phi) is 1.96. The SMILES string of the molecule is Cc1nc2cc(C(=O)O)sc2nc1C. The van der Waals surface area contributed by atoms with Crippen molar-refractivity contribution in [2.45, 2.75) is 13.8 Å². The van der Waals surface area contributed by atoms with Crippen LogP contribution in [0, 0.1) is 13.8 Å². The van der Waals surface area contributed by atoms with E-state index in [1.807, 2.05) is 13.8 Å². The monoisotopic (exact) mass is 208 g/mol. The van der Waals surface area contributed by atoms with E-state index in [1.165, 1.54) is 0 Å². The van der Waals surface area contributed by atoms with Crippen molar-refractivity contribution in [3.63, 3.8) is 0 Å². The summed E-state index contributed by atoms with van der Waals surface area (Å²) < 4.78 is 0. The van der Waals surface area contributed by atoms with E-state index in [1.54, 1.807) is 6.07 Å². The molecule has 0 saturated heterocycles. The largest absolute Gasteiger partial charge is 0.477 e.